The molecule has 1 spiro atoms. The highest BCUT2D eigenvalue weighted by Crippen LogP contribution is 2.82. The summed E-state index contributed by atoms with van der Waals surface area (Å²) < 4.78 is 12.5. The Morgan fingerprint density at radius 2 is 1.88 bits per heavy atom. The molecular formula is C22H30O3. The van der Waals surface area contributed by atoms with Gasteiger partial charge in [0.15, 0.2) is 0 Å². The molecule has 6 rings (SSSR count). The van der Waals surface area contributed by atoms with E-state index in [2.05, 4.69) is 41.2 Å². The van der Waals surface area contributed by atoms with E-state index < -0.39 is 5.41 Å². The first-order chi connectivity index (χ1) is 11.6. The largest absolute Gasteiger partial charge is 0.458 e. The van der Waals surface area contributed by atoms with Crippen molar-refractivity contribution in [3.8, 4) is 0 Å². The number of fused-ring (bicyclic) bond motifs is 3. The average molecular weight is 342 g/mol. The molecular weight excluding hydrogens is 312 g/mol. The van der Waals surface area contributed by atoms with Crippen LogP contribution in [0.3, 0.4) is 0 Å². The van der Waals surface area contributed by atoms with Crippen molar-refractivity contribution >= 4 is 5.97 Å². The van der Waals surface area contributed by atoms with E-state index in [9.17, 15) is 4.79 Å². The van der Waals surface area contributed by atoms with Crippen molar-refractivity contribution in [2.24, 2.45) is 45.8 Å². The highest BCUT2D eigenvalue weighted by Gasteiger charge is 2.88. The van der Waals surface area contributed by atoms with Crippen LogP contribution in [0.2, 0.25) is 0 Å². The van der Waals surface area contributed by atoms with E-state index in [4.69, 9.17) is 9.47 Å². The monoisotopic (exact) mass is 342 g/mol. The summed E-state index contributed by atoms with van der Waals surface area (Å²) in [5.41, 5.74) is 1.25. The maximum atomic E-state index is 13.1. The number of hydrogen-bond acceptors (Lipinski definition) is 3. The van der Waals surface area contributed by atoms with Crippen molar-refractivity contribution < 1.29 is 14.3 Å². The van der Waals surface area contributed by atoms with Crippen molar-refractivity contribution in [1.82, 2.24) is 0 Å². The Kier molecular flexibility index (Phi) is 2.28. The second-order valence-corrected chi connectivity index (χ2v) is 10.9. The second-order valence-electron chi connectivity index (χ2n) is 10.9. The van der Waals surface area contributed by atoms with Crippen molar-refractivity contribution in [3.63, 3.8) is 0 Å². The fourth-order valence-corrected chi connectivity index (χ4v) is 9.05. The number of carbonyl (C=O) groups is 1. The molecule has 0 N–H and O–H groups in total. The smallest absolute Gasteiger partial charge is 0.315 e. The van der Waals surface area contributed by atoms with Gasteiger partial charge in [0.1, 0.15) is 17.1 Å². The Morgan fingerprint density at radius 1 is 1.16 bits per heavy atom. The molecule has 2 aliphatic heterocycles. The second kappa shape index (κ2) is 3.74. The van der Waals surface area contributed by atoms with Crippen LogP contribution < -0.4 is 0 Å². The molecule has 0 aromatic carbocycles. The van der Waals surface area contributed by atoms with Crippen molar-refractivity contribution in [2.45, 2.75) is 71.7 Å². The molecule has 6 aliphatic rings. The van der Waals surface area contributed by atoms with Gasteiger partial charge in [-0.3, -0.25) is 4.79 Å². The first-order valence-corrected chi connectivity index (χ1v) is 10.2. The molecule has 6 fully saturated rings. The molecule has 0 amide bonds. The minimum absolute atomic E-state index is 0.0221. The zero-order valence-electron chi connectivity index (χ0n) is 16.1. The molecule has 2 saturated heterocycles. The lowest BCUT2D eigenvalue weighted by atomic mass is 9.55. The third-order valence-corrected chi connectivity index (χ3v) is 10.5. The van der Waals surface area contributed by atoms with Gasteiger partial charge in [0.25, 0.3) is 0 Å². The predicted molar refractivity (Wildman–Crippen MR) is 93.6 cm³/mol. The molecule has 25 heavy (non-hydrogen) atoms. The fraction of sp³-hybridized carbons (Fsp3) is 0.864. The van der Waals surface area contributed by atoms with Gasteiger partial charge in [0.05, 0.1) is 6.10 Å². The molecule has 7 unspecified atom stereocenters. The lowest BCUT2D eigenvalue weighted by Crippen LogP contribution is -2.55. The van der Waals surface area contributed by atoms with E-state index in [-0.39, 0.29) is 34.6 Å². The van der Waals surface area contributed by atoms with Crippen LogP contribution in [0.25, 0.3) is 0 Å². The standard InChI is InChI=1S/C22H30O3/c1-10-7-14-21(8-11(2)19(10,5)9-21)13(4)16-20(6)17-15(24-17)12(3)22(14,16)25-18(20)23/h10,12-17H,2,7-9H2,1,3-6H3/t10?,12?,13-,14?,15?,16?,17?,19-,20?,21+,22+/m0/s1. The number of epoxide rings is 1. The summed E-state index contributed by atoms with van der Waals surface area (Å²) in [6, 6.07) is 0. The van der Waals surface area contributed by atoms with E-state index in [1.165, 1.54) is 18.4 Å². The summed E-state index contributed by atoms with van der Waals surface area (Å²) in [7, 11) is 0. The number of esters is 1. The van der Waals surface area contributed by atoms with Crippen LogP contribution in [0.1, 0.15) is 53.9 Å². The number of hydrogen-bond donors (Lipinski definition) is 0. The molecule has 2 heterocycles. The minimum Gasteiger partial charge on any atom is -0.458 e. The van der Waals surface area contributed by atoms with E-state index in [1.54, 1.807) is 0 Å². The van der Waals surface area contributed by atoms with Gasteiger partial charge in [-0.1, -0.05) is 39.8 Å². The van der Waals surface area contributed by atoms with E-state index in [0.717, 1.165) is 6.42 Å². The van der Waals surface area contributed by atoms with Crippen LogP contribution in [0.5, 0.6) is 0 Å². The number of allylic oxidation sites excluding steroid dienone is 1. The maximum absolute atomic E-state index is 13.1. The average Bonchev–Trinajstić information content (AvgIpc) is 3.24. The first kappa shape index (κ1) is 15.2. The normalized spacial score (nSPS) is 69.1. The van der Waals surface area contributed by atoms with Gasteiger partial charge in [-0.05, 0) is 48.9 Å². The molecule has 0 aromatic heterocycles. The van der Waals surface area contributed by atoms with Crippen LogP contribution in [-0.4, -0.2) is 23.8 Å². The Labute approximate surface area is 150 Å². The summed E-state index contributed by atoms with van der Waals surface area (Å²) in [6.45, 7) is 16.2. The Hall–Kier alpha value is -0.830. The van der Waals surface area contributed by atoms with Gasteiger partial charge in [-0.25, -0.2) is 0 Å². The molecule has 3 nitrogen and oxygen atoms in total. The van der Waals surface area contributed by atoms with Gasteiger partial charge in [0, 0.05) is 17.8 Å². The summed E-state index contributed by atoms with van der Waals surface area (Å²) in [5.74, 6) is 2.21. The topological polar surface area (TPSA) is 38.8 Å². The Morgan fingerprint density at radius 3 is 2.60 bits per heavy atom. The van der Waals surface area contributed by atoms with Crippen LogP contribution in [0.4, 0.5) is 0 Å². The minimum atomic E-state index is -0.438. The molecule has 11 atom stereocenters. The molecule has 4 bridgehead atoms. The number of rotatable bonds is 0. The molecule has 0 aromatic rings. The van der Waals surface area contributed by atoms with Crippen LogP contribution in [0.15, 0.2) is 12.2 Å². The molecule has 136 valence electrons. The van der Waals surface area contributed by atoms with E-state index >= 15 is 0 Å². The number of carbonyl (C=O) groups excluding carboxylic acids is 1. The van der Waals surface area contributed by atoms with E-state index in [0.29, 0.717) is 29.6 Å². The van der Waals surface area contributed by atoms with Crippen molar-refractivity contribution in [2.75, 3.05) is 0 Å². The summed E-state index contributed by atoms with van der Waals surface area (Å²) in [5, 5.41) is 0. The Balaban J connectivity index is 1.60. The third-order valence-electron chi connectivity index (χ3n) is 10.5. The fourth-order valence-electron chi connectivity index (χ4n) is 9.05. The van der Waals surface area contributed by atoms with Gasteiger partial charge in [-0.15, -0.1) is 0 Å². The SMILES string of the molecule is C=C1C[C@]23C[C@@]1(C)C(C)CC2[C@]12OC(=O)C(C)(C4OC4C1C)C2[C@@H]3C. The Bertz CT molecular complexity index is 744. The summed E-state index contributed by atoms with van der Waals surface area (Å²) >= 11 is 0. The zero-order valence-corrected chi connectivity index (χ0v) is 16.1. The summed E-state index contributed by atoms with van der Waals surface area (Å²) in [4.78, 5) is 13.1. The third kappa shape index (κ3) is 1.20. The lowest BCUT2D eigenvalue weighted by molar-refractivity contribution is -0.170. The first-order valence-electron chi connectivity index (χ1n) is 10.2. The summed E-state index contributed by atoms with van der Waals surface area (Å²) in [6.07, 6.45) is 3.85. The molecule has 0 radical (unpaired) electrons. The predicted octanol–water partition coefficient (Wildman–Crippen LogP) is 3.97. The molecule has 4 saturated carbocycles. The van der Waals surface area contributed by atoms with Crippen LogP contribution in [0, 0.1) is 45.8 Å². The molecule has 3 heteroatoms. The van der Waals surface area contributed by atoms with Crippen molar-refractivity contribution in [3.05, 3.63) is 12.2 Å². The van der Waals surface area contributed by atoms with Gasteiger partial charge >= 0.3 is 5.97 Å². The highest BCUT2D eigenvalue weighted by atomic mass is 16.6. The van der Waals surface area contributed by atoms with Crippen molar-refractivity contribution in [1.29, 1.82) is 0 Å². The van der Waals surface area contributed by atoms with Gasteiger partial charge in [-0.2, -0.15) is 0 Å². The van der Waals surface area contributed by atoms with Gasteiger partial charge in [0.2, 0.25) is 0 Å². The maximum Gasteiger partial charge on any atom is 0.315 e. The van der Waals surface area contributed by atoms with Crippen LogP contribution >= 0.6 is 0 Å². The lowest BCUT2D eigenvalue weighted by Gasteiger charge is -2.50. The zero-order chi connectivity index (χ0) is 17.7. The van der Waals surface area contributed by atoms with Gasteiger partial charge < -0.3 is 9.47 Å². The molecule has 4 aliphatic carbocycles. The highest BCUT2D eigenvalue weighted by molar-refractivity contribution is 5.83. The van der Waals surface area contributed by atoms with E-state index in [1.807, 2.05) is 0 Å². The quantitative estimate of drug-likeness (QED) is 0.380. The van der Waals surface area contributed by atoms with Crippen LogP contribution in [-0.2, 0) is 14.3 Å². The number of ether oxygens (including phenoxy) is 2.